The Kier molecular flexibility index (Phi) is 9.28. The fraction of sp³-hybridized carbons (Fsp3) is 0.895. The average molecular weight is 437 g/mol. The van der Waals surface area contributed by atoms with Gasteiger partial charge >= 0.3 is 0 Å². The van der Waals surface area contributed by atoms with Crippen molar-refractivity contribution in [3.63, 3.8) is 0 Å². The molecule has 2 amide bonds. The summed E-state index contributed by atoms with van der Waals surface area (Å²) < 4.78 is 5.31. The highest BCUT2D eigenvalue weighted by molar-refractivity contribution is 5.85. The van der Waals surface area contributed by atoms with Crippen molar-refractivity contribution < 1.29 is 14.3 Å². The van der Waals surface area contributed by atoms with Gasteiger partial charge in [-0.15, -0.1) is 24.8 Å². The van der Waals surface area contributed by atoms with Crippen LogP contribution in [0, 0.1) is 5.92 Å². The van der Waals surface area contributed by atoms with E-state index < -0.39 is 0 Å². The number of carbonyl (C=O) groups is 2. The lowest BCUT2D eigenvalue weighted by atomic mass is 9.85. The smallest absolute Gasteiger partial charge is 0.239 e. The second-order valence-corrected chi connectivity index (χ2v) is 8.20. The van der Waals surface area contributed by atoms with Gasteiger partial charge in [-0.25, -0.2) is 0 Å². The van der Waals surface area contributed by atoms with Gasteiger partial charge in [0.25, 0.3) is 0 Å². The summed E-state index contributed by atoms with van der Waals surface area (Å²) in [7, 11) is 0. The lowest BCUT2D eigenvalue weighted by molar-refractivity contribution is -0.138. The summed E-state index contributed by atoms with van der Waals surface area (Å²) in [4.78, 5) is 31.3. The zero-order valence-electron chi connectivity index (χ0n) is 16.5. The van der Waals surface area contributed by atoms with E-state index >= 15 is 0 Å². The van der Waals surface area contributed by atoms with E-state index in [2.05, 4.69) is 10.2 Å². The first-order valence-electron chi connectivity index (χ1n) is 10.3. The molecule has 1 saturated carbocycles. The summed E-state index contributed by atoms with van der Waals surface area (Å²) in [5.74, 6) is 1.17. The van der Waals surface area contributed by atoms with Gasteiger partial charge in [0.2, 0.25) is 11.8 Å². The topological polar surface area (TPSA) is 65.1 Å². The fourth-order valence-electron chi connectivity index (χ4n) is 4.96. The van der Waals surface area contributed by atoms with E-state index in [9.17, 15) is 9.59 Å². The van der Waals surface area contributed by atoms with Crippen LogP contribution in [0.25, 0.3) is 0 Å². The van der Waals surface area contributed by atoms with Crippen LogP contribution in [0.3, 0.4) is 0 Å². The Morgan fingerprint density at radius 3 is 2.25 bits per heavy atom. The van der Waals surface area contributed by atoms with Gasteiger partial charge in [-0.1, -0.05) is 12.8 Å². The third kappa shape index (κ3) is 5.51. The van der Waals surface area contributed by atoms with E-state index in [0.717, 1.165) is 32.6 Å². The molecule has 7 nitrogen and oxygen atoms in total. The molecule has 162 valence electrons. The molecular weight excluding hydrogens is 403 g/mol. The van der Waals surface area contributed by atoms with Crippen molar-refractivity contribution in [2.24, 2.45) is 5.92 Å². The average Bonchev–Trinajstić information content (AvgIpc) is 3.13. The quantitative estimate of drug-likeness (QED) is 0.706. The number of morpholine rings is 1. The van der Waals surface area contributed by atoms with Crippen LogP contribution in [-0.2, 0) is 14.3 Å². The minimum atomic E-state index is 0. The van der Waals surface area contributed by atoms with Crippen LogP contribution in [0.1, 0.15) is 32.1 Å². The van der Waals surface area contributed by atoms with Gasteiger partial charge in [-0.05, 0) is 25.2 Å². The summed E-state index contributed by atoms with van der Waals surface area (Å²) in [6.07, 6.45) is 6.13. The van der Waals surface area contributed by atoms with Gasteiger partial charge in [0.15, 0.2) is 0 Å². The van der Waals surface area contributed by atoms with E-state index in [1.54, 1.807) is 0 Å². The summed E-state index contributed by atoms with van der Waals surface area (Å²) in [5.41, 5.74) is 0. The Balaban J connectivity index is 0.00000140. The summed E-state index contributed by atoms with van der Waals surface area (Å²) in [5, 5.41) is 3.60. The number of carbonyl (C=O) groups excluding carboxylic acids is 2. The maximum Gasteiger partial charge on any atom is 0.239 e. The second kappa shape index (κ2) is 11.0. The van der Waals surface area contributed by atoms with Crippen LogP contribution in [0.4, 0.5) is 0 Å². The number of piperazine rings is 1. The molecule has 3 atom stereocenters. The number of amides is 2. The van der Waals surface area contributed by atoms with Gasteiger partial charge < -0.3 is 19.9 Å². The molecular formula is C19H34Cl2N4O3. The highest BCUT2D eigenvalue weighted by atomic mass is 35.5. The molecule has 0 aromatic rings. The van der Waals surface area contributed by atoms with Crippen molar-refractivity contribution in [1.82, 2.24) is 20.0 Å². The van der Waals surface area contributed by atoms with E-state index in [0.29, 0.717) is 44.8 Å². The number of ether oxygens (including phenoxy) is 1. The number of fused-ring (bicyclic) bond motifs is 1. The number of hydrogen-bond donors (Lipinski definition) is 1. The van der Waals surface area contributed by atoms with Gasteiger partial charge in [0.05, 0.1) is 25.8 Å². The van der Waals surface area contributed by atoms with Gasteiger partial charge in [0, 0.05) is 45.3 Å². The van der Waals surface area contributed by atoms with E-state index in [1.165, 1.54) is 25.7 Å². The zero-order chi connectivity index (χ0) is 17.9. The second-order valence-electron chi connectivity index (χ2n) is 8.20. The summed E-state index contributed by atoms with van der Waals surface area (Å²) in [6, 6.07) is 0.578. The third-order valence-corrected chi connectivity index (χ3v) is 6.57. The van der Waals surface area contributed by atoms with E-state index in [-0.39, 0.29) is 42.7 Å². The molecule has 0 aromatic carbocycles. The Morgan fingerprint density at radius 2 is 1.57 bits per heavy atom. The van der Waals surface area contributed by atoms with E-state index in [1.807, 2.05) is 9.80 Å². The Hall–Kier alpha value is -0.600. The van der Waals surface area contributed by atoms with Crippen molar-refractivity contribution in [2.45, 2.75) is 44.2 Å². The van der Waals surface area contributed by atoms with Crippen LogP contribution in [0.15, 0.2) is 0 Å². The van der Waals surface area contributed by atoms with Crippen LogP contribution in [0.5, 0.6) is 0 Å². The van der Waals surface area contributed by atoms with Gasteiger partial charge in [-0.3, -0.25) is 14.5 Å². The molecule has 3 saturated heterocycles. The van der Waals surface area contributed by atoms with E-state index in [4.69, 9.17) is 4.74 Å². The number of nitrogens with one attached hydrogen (secondary N) is 1. The maximum absolute atomic E-state index is 12.9. The molecule has 0 radical (unpaired) electrons. The first-order valence-corrected chi connectivity index (χ1v) is 10.3. The van der Waals surface area contributed by atoms with Crippen molar-refractivity contribution in [3.05, 3.63) is 0 Å². The SMILES string of the molecule is Cl.Cl.O=C(CN1CCN(C(=O)C2CC3CCCCC3N2)CC1)N1CCOCC1. The molecule has 0 spiro atoms. The summed E-state index contributed by atoms with van der Waals surface area (Å²) in [6.45, 7) is 6.22. The molecule has 4 fully saturated rings. The molecule has 3 heterocycles. The Bertz CT molecular complexity index is 511. The minimum Gasteiger partial charge on any atom is -0.378 e. The molecule has 0 bridgehead atoms. The van der Waals surface area contributed by atoms with Crippen molar-refractivity contribution in [1.29, 1.82) is 0 Å². The first kappa shape index (κ1) is 23.7. The van der Waals surface area contributed by atoms with Crippen LogP contribution >= 0.6 is 24.8 Å². The first-order chi connectivity index (χ1) is 12.7. The van der Waals surface area contributed by atoms with Crippen molar-refractivity contribution in [3.8, 4) is 0 Å². The molecule has 4 rings (SSSR count). The normalized spacial score (nSPS) is 30.8. The summed E-state index contributed by atoms with van der Waals surface area (Å²) >= 11 is 0. The molecule has 0 aromatic heterocycles. The van der Waals surface area contributed by atoms with Crippen LogP contribution in [-0.4, -0.2) is 97.6 Å². The fourth-order valence-corrected chi connectivity index (χ4v) is 4.96. The molecule has 1 N–H and O–H groups in total. The predicted octanol–water partition coefficient (Wildman–Crippen LogP) is 0.754. The number of hydrogen-bond acceptors (Lipinski definition) is 5. The van der Waals surface area contributed by atoms with Gasteiger partial charge in [0.1, 0.15) is 0 Å². The minimum absolute atomic E-state index is 0. The highest BCUT2D eigenvalue weighted by Gasteiger charge is 2.40. The molecule has 4 aliphatic rings. The van der Waals surface area contributed by atoms with Crippen LogP contribution < -0.4 is 5.32 Å². The predicted molar refractivity (Wildman–Crippen MR) is 112 cm³/mol. The number of halogens is 2. The third-order valence-electron chi connectivity index (χ3n) is 6.57. The standard InChI is InChI=1S/C19H32N4O3.2ClH/c24-18(22-9-11-26-12-10-22)14-21-5-7-23(8-6-21)19(25)17-13-15-3-1-2-4-16(15)20-17;;/h15-17,20H,1-14H2;2*1H. The molecule has 9 heteroatoms. The highest BCUT2D eigenvalue weighted by Crippen LogP contribution is 2.33. The molecule has 1 aliphatic carbocycles. The largest absolute Gasteiger partial charge is 0.378 e. The molecule has 28 heavy (non-hydrogen) atoms. The number of nitrogens with zero attached hydrogens (tertiary/aromatic N) is 3. The van der Waals surface area contributed by atoms with Crippen LogP contribution in [0.2, 0.25) is 0 Å². The van der Waals surface area contributed by atoms with Gasteiger partial charge in [-0.2, -0.15) is 0 Å². The van der Waals surface area contributed by atoms with Crippen molar-refractivity contribution >= 4 is 36.6 Å². The zero-order valence-corrected chi connectivity index (χ0v) is 18.1. The lowest BCUT2D eigenvalue weighted by Crippen LogP contribution is -2.55. The number of rotatable bonds is 3. The lowest BCUT2D eigenvalue weighted by Gasteiger charge is -2.37. The Labute approximate surface area is 180 Å². The van der Waals surface area contributed by atoms with Crippen molar-refractivity contribution in [2.75, 3.05) is 59.0 Å². The monoisotopic (exact) mass is 436 g/mol. The Morgan fingerprint density at radius 1 is 0.893 bits per heavy atom. The molecule has 3 aliphatic heterocycles. The maximum atomic E-state index is 12.9. The molecule has 3 unspecified atom stereocenters.